The second-order valence-electron chi connectivity index (χ2n) is 4.34. The number of rotatable bonds is 2. The zero-order chi connectivity index (χ0) is 12.7. The molecule has 2 heterocycles. The van der Waals surface area contributed by atoms with Crippen molar-refractivity contribution < 1.29 is 0 Å². The first-order valence-corrected chi connectivity index (χ1v) is 6.10. The molecule has 0 spiro atoms. The third-order valence-electron chi connectivity index (χ3n) is 3.09. The van der Waals surface area contributed by atoms with E-state index in [9.17, 15) is 0 Å². The number of fused-ring (bicyclic) bond motifs is 1. The second-order valence-corrected chi connectivity index (χ2v) is 4.77. The molecule has 2 aromatic heterocycles. The molecule has 0 atom stereocenters. The highest BCUT2D eigenvalue weighted by Crippen LogP contribution is 2.24. The SMILES string of the molecule is N=C(N)c1cc2c(nc1-n1cc(Cl)cn1)CCC2. The van der Waals surface area contributed by atoms with Gasteiger partial charge in [-0.1, -0.05) is 11.6 Å². The fourth-order valence-corrected chi connectivity index (χ4v) is 2.39. The Hall–Kier alpha value is -1.88. The summed E-state index contributed by atoms with van der Waals surface area (Å²) in [7, 11) is 0. The molecule has 18 heavy (non-hydrogen) atoms. The number of nitrogen functional groups attached to an aromatic ring is 1. The summed E-state index contributed by atoms with van der Waals surface area (Å²) in [5, 5.41) is 12.3. The molecule has 0 amide bonds. The Balaban J connectivity index is 2.21. The summed E-state index contributed by atoms with van der Waals surface area (Å²) in [6.45, 7) is 0. The van der Waals surface area contributed by atoms with Crippen LogP contribution in [0.3, 0.4) is 0 Å². The molecule has 3 rings (SSSR count). The third kappa shape index (κ3) is 1.76. The van der Waals surface area contributed by atoms with Crippen LogP contribution in [0.1, 0.15) is 23.2 Å². The first kappa shape index (κ1) is 11.2. The van der Waals surface area contributed by atoms with Gasteiger partial charge >= 0.3 is 0 Å². The fraction of sp³-hybridized carbons (Fsp3) is 0.250. The Morgan fingerprint density at radius 3 is 2.94 bits per heavy atom. The van der Waals surface area contributed by atoms with Crippen molar-refractivity contribution in [2.45, 2.75) is 19.3 Å². The minimum absolute atomic E-state index is 0.00109. The van der Waals surface area contributed by atoms with E-state index in [4.69, 9.17) is 22.7 Å². The molecule has 1 aliphatic rings. The van der Waals surface area contributed by atoms with Crippen LogP contribution in [-0.2, 0) is 12.8 Å². The Bertz CT molecular complexity index is 631. The van der Waals surface area contributed by atoms with E-state index in [0.717, 1.165) is 25.0 Å². The van der Waals surface area contributed by atoms with Crippen LogP contribution in [0.15, 0.2) is 18.5 Å². The van der Waals surface area contributed by atoms with Gasteiger partial charge in [0.25, 0.3) is 0 Å². The van der Waals surface area contributed by atoms with Gasteiger partial charge in [0, 0.05) is 5.69 Å². The lowest BCUT2D eigenvalue weighted by atomic mass is 10.1. The predicted molar refractivity (Wildman–Crippen MR) is 69.4 cm³/mol. The number of hydrogen-bond donors (Lipinski definition) is 2. The third-order valence-corrected chi connectivity index (χ3v) is 3.28. The van der Waals surface area contributed by atoms with Gasteiger partial charge in [-0.3, -0.25) is 5.41 Å². The maximum atomic E-state index is 7.66. The molecule has 5 nitrogen and oxygen atoms in total. The van der Waals surface area contributed by atoms with Gasteiger partial charge in [-0.2, -0.15) is 5.10 Å². The maximum absolute atomic E-state index is 7.66. The Labute approximate surface area is 109 Å². The number of aromatic nitrogens is 3. The van der Waals surface area contributed by atoms with E-state index in [-0.39, 0.29) is 5.84 Å². The highest BCUT2D eigenvalue weighted by Gasteiger charge is 2.19. The van der Waals surface area contributed by atoms with Gasteiger partial charge in [0.2, 0.25) is 0 Å². The monoisotopic (exact) mass is 261 g/mol. The minimum Gasteiger partial charge on any atom is -0.384 e. The van der Waals surface area contributed by atoms with E-state index in [1.807, 2.05) is 6.07 Å². The van der Waals surface area contributed by atoms with Gasteiger partial charge in [0.1, 0.15) is 5.84 Å². The molecule has 3 N–H and O–H groups in total. The predicted octanol–water partition coefficient (Wildman–Crippen LogP) is 1.69. The van der Waals surface area contributed by atoms with Crippen molar-refractivity contribution in [3.8, 4) is 5.82 Å². The highest BCUT2D eigenvalue weighted by atomic mass is 35.5. The first-order chi connectivity index (χ1) is 8.65. The number of nitrogens with two attached hydrogens (primary N) is 1. The van der Waals surface area contributed by atoms with Crippen LogP contribution in [0, 0.1) is 5.41 Å². The number of nitrogens with zero attached hydrogens (tertiary/aromatic N) is 3. The van der Waals surface area contributed by atoms with Gasteiger partial charge in [0.05, 0.1) is 23.0 Å². The van der Waals surface area contributed by atoms with E-state index in [1.54, 1.807) is 17.1 Å². The summed E-state index contributed by atoms with van der Waals surface area (Å²) in [5.74, 6) is 0.578. The van der Waals surface area contributed by atoms with Gasteiger partial charge in [-0.15, -0.1) is 0 Å². The number of nitrogens with one attached hydrogen (secondary N) is 1. The number of pyridine rings is 1. The summed E-state index contributed by atoms with van der Waals surface area (Å²) in [5.41, 5.74) is 8.48. The van der Waals surface area contributed by atoms with Gasteiger partial charge in [-0.25, -0.2) is 9.67 Å². The molecule has 0 aromatic carbocycles. The zero-order valence-corrected chi connectivity index (χ0v) is 10.4. The van der Waals surface area contributed by atoms with Crippen molar-refractivity contribution >= 4 is 17.4 Å². The smallest absolute Gasteiger partial charge is 0.164 e. The zero-order valence-electron chi connectivity index (χ0n) is 9.65. The topological polar surface area (TPSA) is 80.6 Å². The van der Waals surface area contributed by atoms with Crippen LogP contribution in [0.5, 0.6) is 0 Å². The Kier molecular flexibility index (Phi) is 2.56. The standard InChI is InChI=1S/C12H12ClN5/c13-8-5-16-18(6-8)12-9(11(14)15)4-7-2-1-3-10(7)17-12/h4-6H,1-3H2,(H3,14,15). The van der Waals surface area contributed by atoms with Crippen molar-refractivity contribution in [1.29, 1.82) is 5.41 Å². The molecular formula is C12H12ClN5. The lowest BCUT2D eigenvalue weighted by Gasteiger charge is -2.10. The molecule has 6 heteroatoms. The van der Waals surface area contributed by atoms with Gasteiger partial charge in [-0.05, 0) is 30.9 Å². The maximum Gasteiger partial charge on any atom is 0.164 e. The highest BCUT2D eigenvalue weighted by molar-refractivity contribution is 6.30. The molecule has 0 fully saturated rings. The first-order valence-electron chi connectivity index (χ1n) is 5.73. The van der Waals surface area contributed by atoms with Gasteiger partial charge in [0.15, 0.2) is 5.82 Å². The van der Waals surface area contributed by atoms with Crippen LogP contribution in [0.2, 0.25) is 5.02 Å². The molecule has 92 valence electrons. The number of halogens is 1. The molecule has 0 saturated carbocycles. The normalized spacial score (nSPS) is 13.6. The summed E-state index contributed by atoms with van der Waals surface area (Å²) >= 11 is 5.86. The van der Waals surface area contributed by atoms with E-state index >= 15 is 0 Å². The molecule has 0 saturated heterocycles. The molecule has 2 aromatic rings. The average molecular weight is 262 g/mol. The molecule has 0 aliphatic heterocycles. The van der Waals surface area contributed by atoms with Crippen LogP contribution in [-0.4, -0.2) is 20.6 Å². The van der Waals surface area contributed by atoms with Crippen LogP contribution in [0.25, 0.3) is 5.82 Å². The Morgan fingerprint density at radius 2 is 2.28 bits per heavy atom. The second kappa shape index (κ2) is 4.10. The van der Waals surface area contributed by atoms with E-state index in [2.05, 4.69) is 10.1 Å². The lowest BCUT2D eigenvalue weighted by Crippen LogP contribution is -2.17. The molecule has 1 aliphatic carbocycles. The lowest BCUT2D eigenvalue weighted by molar-refractivity contribution is 0.828. The van der Waals surface area contributed by atoms with Crippen molar-refractivity contribution in [2.24, 2.45) is 5.73 Å². The molecule has 0 bridgehead atoms. The Morgan fingerprint density at radius 1 is 1.44 bits per heavy atom. The minimum atomic E-state index is -0.00109. The van der Waals surface area contributed by atoms with E-state index < -0.39 is 0 Å². The van der Waals surface area contributed by atoms with Crippen molar-refractivity contribution in [3.05, 3.63) is 40.3 Å². The van der Waals surface area contributed by atoms with Crippen molar-refractivity contribution in [3.63, 3.8) is 0 Å². The summed E-state index contributed by atoms with van der Waals surface area (Å²) in [6, 6.07) is 1.95. The molecule has 0 radical (unpaired) electrons. The summed E-state index contributed by atoms with van der Waals surface area (Å²) in [4.78, 5) is 4.58. The number of amidine groups is 1. The van der Waals surface area contributed by atoms with Crippen LogP contribution in [0.4, 0.5) is 0 Å². The summed E-state index contributed by atoms with van der Waals surface area (Å²) in [6.07, 6.45) is 6.28. The fourth-order valence-electron chi connectivity index (χ4n) is 2.25. The van der Waals surface area contributed by atoms with Gasteiger partial charge < -0.3 is 5.73 Å². The van der Waals surface area contributed by atoms with E-state index in [0.29, 0.717) is 16.4 Å². The van der Waals surface area contributed by atoms with E-state index in [1.165, 1.54) is 5.56 Å². The number of aryl methyl sites for hydroxylation is 2. The largest absolute Gasteiger partial charge is 0.384 e. The van der Waals surface area contributed by atoms with Crippen molar-refractivity contribution in [2.75, 3.05) is 0 Å². The summed E-state index contributed by atoms with van der Waals surface area (Å²) < 4.78 is 1.57. The van der Waals surface area contributed by atoms with Crippen LogP contribution >= 0.6 is 11.6 Å². The van der Waals surface area contributed by atoms with Crippen molar-refractivity contribution in [1.82, 2.24) is 14.8 Å². The molecular weight excluding hydrogens is 250 g/mol. The average Bonchev–Trinajstić information content (AvgIpc) is 2.94. The van der Waals surface area contributed by atoms with Crippen LogP contribution < -0.4 is 5.73 Å². The molecule has 0 unspecified atom stereocenters. The quantitative estimate of drug-likeness (QED) is 0.638. The number of hydrogen-bond acceptors (Lipinski definition) is 3.